The lowest BCUT2D eigenvalue weighted by Gasteiger charge is -2.15. The number of anilines is 1. The van der Waals surface area contributed by atoms with Crippen molar-refractivity contribution >= 4 is 11.6 Å². The van der Waals surface area contributed by atoms with Gasteiger partial charge in [0.25, 0.3) is 0 Å². The number of rotatable bonds is 4. The van der Waals surface area contributed by atoms with E-state index in [1.807, 2.05) is 31.2 Å². The Hall–Kier alpha value is -1.55. The van der Waals surface area contributed by atoms with Gasteiger partial charge in [-0.3, -0.25) is 4.79 Å². The molecule has 1 aliphatic heterocycles. The molecular formula is C14H20N2O2. The van der Waals surface area contributed by atoms with Crippen LogP contribution in [0.5, 0.6) is 5.75 Å². The van der Waals surface area contributed by atoms with Crippen LogP contribution >= 0.6 is 0 Å². The minimum atomic E-state index is -0.0726. The largest absolute Gasteiger partial charge is 0.494 e. The molecule has 18 heavy (non-hydrogen) atoms. The summed E-state index contributed by atoms with van der Waals surface area (Å²) >= 11 is 0. The molecule has 1 aromatic rings. The van der Waals surface area contributed by atoms with Crippen LogP contribution in [0.15, 0.2) is 24.3 Å². The second kappa shape index (κ2) is 5.87. The summed E-state index contributed by atoms with van der Waals surface area (Å²) in [5.41, 5.74) is 0.810. The molecule has 1 aromatic carbocycles. The maximum absolute atomic E-state index is 12.0. The lowest BCUT2D eigenvalue weighted by molar-refractivity contribution is -0.118. The molecule has 1 fully saturated rings. The second-order valence-corrected chi connectivity index (χ2v) is 4.64. The van der Waals surface area contributed by atoms with Crippen molar-refractivity contribution < 1.29 is 9.53 Å². The Morgan fingerprint density at radius 3 is 2.72 bits per heavy atom. The van der Waals surface area contributed by atoms with E-state index in [1.54, 1.807) is 0 Å². The van der Waals surface area contributed by atoms with E-state index in [2.05, 4.69) is 17.6 Å². The minimum absolute atomic E-state index is 0.0455. The molecule has 0 spiro atoms. The Balaban J connectivity index is 1.94. The van der Waals surface area contributed by atoms with Gasteiger partial charge in [0, 0.05) is 5.69 Å². The standard InChI is InChI=1S/C14H20N2O2/c1-3-18-12-6-4-11(5-7-12)16-14(17)13-10(2)8-9-15-13/h4-7,10,13,15H,3,8-9H2,1-2H3,(H,16,17). The summed E-state index contributed by atoms with van der Waals surface area (Å²) in [5.74, 6) is 1.26. The summed E-state index contributed by atoms with van der Waals surface area (Å²) < 4.78 is 5.36. The Labute approximate surface area is 108 Å². The Morgan fingerprint density at radius 2 is 2.17 bits per heavy atom. The van der Waals surface area contributed by atoms with Gasteiger partial charge in [-0.15, -0.1) is 0 Å². The molecule has 0 aromatic heterocycles. The van der Waals surface area contributed by atoms with Gasteiger partial charge in [0.1, 0.15) is 5.75 Å². The molecule has 2 atom stereocenters. The summed E-state index contributed by atoms with van der Waals surface area (Å²) in [6, 6.07) is 7.39. The molecule has 0 radical (unpaired) electrons. The molecule has 1 aliphatic rings. The fourth-order valence-corrected chi connectivity index (χ4v) is 2.21. The highest BCUT2D eigenvalue weighted by atomic mass is 16.5. The van der Waals surface area contributed by atoms with Gasteiger partial charge < -0.3 is 15.4 Å². The average molecular weight is 248 g/mol. The van der Waals surface area contributed by atoms with Crippen LogP contribution in [-0.4, -0.2) is 25.1 Å². The molecule has 0 aliphatic carbocycles. The van der Waals surface area contributed by atoms with Gasteiger partial charge in [0.15, 0.2) is 0 Å². The summed E-state index contributed by atoms with van der Waals surface area (Å²) in [7, 11) is 0. The highest BCUT2D eigenvalue weighted by Crippen LogP contribution is 2.19. The average Bonchev–Trinajstić information content (AvgIpc) is 2.78. The molecule has 1 heterocycles. The number of carbonyl (C=O) groups excluding carboxylic acids is 1. The molecule has 1 saturated heterocycles. The van der Waals surface area contributed by atoms with Crippen molar-refractivity contribution in [1.29, 1.82) is 0 Å². The summed E-state index contributed by atoms with van der Waals surface area (Å²) in [6.45, 7) is 5.61. The van der Waals surface area contributed by atoms with Gasteiger partial charge in [-0.25, -0.2) is 0 Å². The van der Waals surface area contributed by atoms with E-state index >= 15 is 0 Å². The van der Waals surface area contributed by atoms with Crippen LogP contribution in [0, 0.1) is 5.92 Å². The number of carbonyl (C=O) groups is 1. The van der Waals surface area contributed by atoms with Crippen LogP contribution in [0.4, 0.5) is 5.69 Å². The van der Waals surface area contributed by atoms with Gasteiger partial charge >= 0.3 is 0 Å². The first-order chi connectivity index (χ1) is 8.70. The monoisotopic (exact) mass is 248 g/mol. The van der Waals surface area contributed by atoms with Crippen molar-refractivity contribution in [3.63, 3.8) is 0 Å². The highest BCUT2D eigenvalue weighted by molar-refractivity contribution is 5.95. The van der Waals surface area contributed by atoms with Gasteiger partial charge in [-0.05, 0) is 50.1 Å². The van der Waals surface area contributed by atoms with E-state index < -0.39 is 0 Å². The van der Waals surface area contributed by atoms with Crippen LogP contribution in [0.3, 0.4) is 0 Å². The first-order valence-electron chi connectivity index (χ1n) is 6.48. The van der Waals surface area contributed by atoms with Crippen LogP contribution < -0.4 is 15.4 Å². The first kappa shape index (κ1) is 12.9. The van der Waals surface area contributed by atoms with Crippen molar-refractivity contribution in [2.45, 2.75) is 26.3 Å². The predicted molar refractivity (Wildman–Crippen MR) is 71.8 cm³/mol. The van der Waals surface area contributed by atoms with E-state index in [9.17, 15) is 4.79 Å². The first-order valence-corrected chi connectivity index (χ1v) is 6.48. The van der Waals surface area contributed by atoms with E-state index in [4.69, 9.17) is 4.74 Å². The topological polar surface area (TPSA) is 50.4 Å². The van der Waals surface area contributed by atoms with Crippen molar-refractivity contribution in [1.82, 2.24) is 5.32 Å². The third-order valence-electron chi connectivity index (χ3n) is 3.25. The van der Waals surface area contributed by atoms with E-state index in [-0.39, 0.29) is 11.9 Å². The molecular weight excluding hydrogens is 228 g/mol. The van der Waals surface area contributed by atoms with Gasteiger partial charge in [0.05, 0.1) is 12.6 Å². The van der Waals surface area contributed by atoms with Gasteiger partial charge in [-0.2, -0.15) is 0 Å². The summed E-state index contributed by atoms with van der Waals surface area (Å²) in [5, 5.41) is 6.15. The molecule has 1 amide bonds. The number of nitrogens with one attached hydrogen (secondary N) is 2. The molecule has 0 saturated carbocycles. The molecule has 2 rings (SSSR count). The number of hydrogen-bond donors (Lipinski definition) is 2. The van der Waals surface area contributed by atoms with Crippen molar-refractivity contribution in [2.24, 2.45) is 5.92 Å². The predicted octanol–water partition coefficient (Wildman–Crippen LogP) is 2.02. The Kier molecular flexibility index (Phi) is 4.20. The van der Waals surface area contributed by atoms with Crippen molar-refractivity contribution in [2.75, 3.05) is 18.5 Å². The normalized spacial score (nSPS) is 22.8. The number of hydrogen-bond acceptors (Lipinski definition) is 3. The minimum Gasteiger partial charge on any atom is -0.494 e. The smallest absolute Gasteiger partial charge is 0.241 e. The Morgan fingerprint density at radius 1 is 1.44 bits per heavy atom. The summed E-state index contributed by atoms with van der Waals surface area (Å²) in [6.07, 6.45) is 1.06. The molecule has 4 heteroatoms. The summed E-state index contributed by atoms with van der Waals surface area (Å²) in [4.78, 5) is 12.0. The number of amides is 1. The van der Waals surface area contributed by atoms with Gasteiger partial charge in [0.2, 0.25) is 5.91 Å². The van der Waals surface area contributed by atoms with Crippen molar-refractivity contribution in [3.8, 4) is 5.75 Å². The molecule has 4 nitrogen and oxygen atoms in total. The van der Waals surface area contributed by atoms with Crippen molar-refractivity contribution in [3.05, 3.63) is 24.3 Å². The SMILES string of the molecule is CCOc1ccc(NC(=O)C2NCCC2C)cc1. The zero-order valence-electron chi connectivity index (χ0n) is 10.9. The highest BCUT2D eigenvalue weighted by Gasteiger charge is 2.29. The van der Waals surface area contributed by atoms with E-state index in [0.29, 0.717) is 12.5 Å². The Bertz CT molecular complexity index is 403. The van der Waals surface area contributed by atoms with Crippen LogP contribution in [-0.2, 0) is 4.79 Å². The van der Waals surface area contributed by atoms with Crippen LogP contribution in [0.1, 0.15) is 20.3 Å². The molecule has 2 unspecified atom stereocenters. The second-order valence-electron chi connectivity index (χ2n) is 4.64. The lowest BCUT2D eigenvalue weighted by atomic mass is 10.0. The van der Waals surface area contributed by atoms with Gasteiger partial charge in [-0.1, -0.05) is 6.92 Å². The zero-order chi connectivity index (χ0) is 13.0. The maximum atomic E-state index is 12.0. The third kappa shape index (κ3) is 3.01. The number of ether oxygens (including phenoxy) is 1. The molecule has 2 N–H and O–H groups in total. The fourth-order valence-electron chi connectivity index (χ4n) is 2.21. The zero-order valence-corrected chi connectivity index (χ0v) is 10.9. The van der Waals surface area contributed by atoms with Crippen LogP contribution in [0.2, 0.25) is 0 Å². The molecule has 98 valence electrons. The fraction of sp³-hybridized carbons (Fsp3) is 0.500. The quantitative estimate of drug-likeness (QED) is 0.857. The maximum Gasteiger partial charge on any atom is 0.241 e. The van der Waals surface area contributed by atoms with E-state index in [1.165, 1.54) is 0 Å². The number of benzene rings is 1. The van der Waals surface area contributed by atoms with Crippen LogP contribution in [0.25, 0.3) is 0 Å². The lowest BCUT2D eigenvalue weighted by Crippen LogP contribution is -2.39. The third-order valence-corrected chi connectivity index (χ3v) is 3.25. The molecule has 0 bridgehead atoms. The van der Waals surface area contributed by atoms with E-state index in [0.717, 1.165) is 24.4 Å².